The van der Waals surface area contributed by atoms with Crippen molar-refractivity contribution >= 4 is 148 Å². The Hall–Kier alpha value is -11.6. The number of nitrogens with one attached hydrogen (secondary N) is 15. The van der Waals surface area contributed by atoms with Crippen molar-refractivity contribution in [2.24, 2.45) is 28.9 Å². The van der Waals surface area contributed by atoms with Crippen molar-refractivity contribution in [3.8, 4) is 0 Å². The summed E-state index contributed by atoms with van der Waals surface area (Å²) in [6.45, 7) is 5.15. The van der Waals surface area contributed by atoms with Gasteiger partial charge in [-0.2, -0.15) is 25.3 Å². The van der Waals surface area contributed by atoms with E-state index in [0.717, 1.165) is 13.8 Å². The Bertz CT molecular complexity index is 4090. The molecule has 25 N–H and O–H groups in total. The minimum atomic E-state index is -1.91. The Labute approximate surface area is 634 Å². The zero-order valence-electron chi connectivity index (χ0n) is 60.0. The predicted octanol–water partition coefficient (Wildman–Crippen LogP) is -5.70. The van der Waals surface area contributed by atoms with Crippen molar-refractivity contribution in [2.75, 3.05) is 18.1 Å². The molecule has 0 aliphatic rings. The molecule has 109 heavy (non-hydrogen) atoms. The number of aromatic nitrogens is 4. The summed E-state index contributed by atoms with van der Waals surface area (Å²) in [6, 6.07) is -4.51. The standard InChI is InChI=1S/C68H94N20O19S2/c1-32(2)13-14-42(59(98)79-45(17-20-56(95)96)60(99)85-49(24-54(71)93)58(97)76-28-55(72)94)80-63(102)46(21-35-25-74-40-11-7-5-9-38(35)40)83-65(104)48(23-37-27-73-31-77-37)84-67(106)51(30-109)87-61(100)43(15-18-52(69)91)81-64(103)47(22-36-26-75-41-12-8-6-10-39(36)41)86-68(107)57(33(3)89)88-62(101)44(16-19-53(70)92)82-66(105)50(29-108)78-34(4)90/h5-12,25-27,31-33,42-51,57,74-75,89,108-109H,13-24,28-30H2,1-4H3,(H2,69,91)(H2,70,92)(H2,71,93)(H2,72,94)(H,73,77)(H,76,97)(H,78,90)(H,79,98)(H,80,102)(H,81,103)(H,82,105)(H,83,104)(H,84,106)(H,85,99)(H,86,107)(H,87,100)(H,88,101)(H,95,96)/t33-,42+,43+,44+,45+,46+,47+,48+,49+,50+,51+,57+/m1/s1. The molecule has 0 unspecified atom stereocenters. The maximum atomic E-state index is 15.0. The van der Waals surface area contributed by atoms with E-state index >= 15 is 9.59 Å². The van der Waals surface area contributed by atoms with Gasteiger partial charge < -0.3 is 112 Å². The smallest absolute Gasteiger partial charge is 0.303 e. The monoisotopic (exact) mass is 1560 g/mol. The van der Waals surface area contributed by atoms with Gasteiger partial charge in [-0.3, -0.25) is 81.5 Å². The number of nitrogens with zero attached hydrogens (tertiary/aromatic N) is 1. The van der Waals surface area contributed by atoms with Crippen LogP contribution in [0.1, 0.15) is 102 Å². The molecule has 5 aromatic rings. The average molecular weight is 1560 g/mol. The summed E-state index contributed by atoms with van der Waals surface area (Å²) in [5.41, 5.74) is 23.8. The number of carboxylic acid groups (broad SMARTS) is 1. The van der Waals surface area contributed by atoms with Crippen LogP contribution in [0.4, 0.5) is 0 Å². The number of imidazole rings is 1. The van der Waals surface area contributed by atoms with Crippen LogP contribution in [0.25, 0.3) is 21.8 Å². The lowest BCUT2D eigenvalue weighted by molar-refractivity contribution is -0.139. The molecule has 39 nitrogen and oxygen atoms in total. The highest BCUT2D eigenvalue weighted by molar-refractivity contribution is 7.80. The van der Waals surface area contributed by atoms with Crippen LogP contribution < -0.4 is 86.7 Å². The van der Waals surface area contributed by atoms with Crippen LogP contribution in [-0.4, -0.2) is 221 Å². The normalized spacial score (nSPS) is 14.5. The zero-order chi connectivity index (χ0) is 80.8. The van der Waals surface area contributed by atoms with Crippen LogP contribution >= 0.6 is 25.3 Å². The van der Waals surface area contributed by atoms with Gasteiger partial charge in [-0.15, -0.1) is 0 Å². The average Bonchev–Trinajstić information content (AvgIpc) is 1.72. The highest BCUT2D eigenvalue weighted by Gasteiger charge is 2.39. The summed E-state index contributed by atoms with van der Waals surface area (Å²) in [4.78, 5) is 242. The van der Waals surface area contributed by atoms with Crippen molar-refractivity contribution in [1.82, 2.24) is 83.7 Å². The molecule has 3 heterocycles. The van der Waals surface area contributed by atoms with Crippen LogP contribution in [0.15, 0.2) is 73.4 Å². The molecule has 12 atom stereocenters. The number of hydrogen-bond donors (Lipinski definition) is 23. The summed E-state index contributed by atoms with van der Waals surface area (Å²) in [6.07, 6.45) is -1.05. The summed E-state index contributed by atoms with van der Waals surface area (Å²) >= 11 is 8.43. The molecule has 0 aliphatic carbocycles. The molecule has 16 amide bonds. The van der Waals surface area contributed by atoms with E-state index < -0.39 is 230 Å². The number of H-pyrrole nitrogens is 3. The fraction of sp³-hybridized carbons (Fsp3) is 0.471. The van der Waals surface area contributed by atoms with E-state index in [4.69, 9.17) is 22.9 Å². The van der Waals surface area contributed by atoms with Crippen molar-refractivity contribution < 1.29 is 91.7 Å². The number of benzene rings is 2. The minimum absolute atomic E-state index is 0.120. The number of aliphatic hydroxyl groups is 1. The highest BCUT2D eigenvalue weighted by Crippen LogP contribution is 2.22. The molecule has 0 fully saturated rings. The van der Waals surface area contributed by atoms with Gasteiger partial charge in [0.25, 0.3) is 0 Å². The third-order valence-corrected chi connectivity index (χ3v) is 17.6. The molecule has 2 aromatic carbocycles. The molecule has 0 spiro atoms. The number of rotatable bonds is 47. The Balaban J connectivity index is 1.45. The Morgan fingerprint density at radius 3 is 1.22 bits per heavy atom. The molecule has 0 radical (unpaired) electrons. The lowest BCUT2D eigenvalue weighted by Gasteiger charge is -2.29. The number of nitrogens with two attached hydrogens (primary N) is 4. The van der Waals surface area contributed by atoms with Gasteiger partial charge in [0, 0.05) is 103 Å². The van der Waals surface area contributed by atoms with E-state index in [9.17, 15) is 82.1 Å². The summed E-state index contributed by atoms with van der Waals surface area (Å²) in [5.74, 6) is -18.6. The maximum absolute atomic E-state index is 15.0. The minimum Gasteiger partial charge on any atom is -0.481 e. The SMILES string of the molecule is CC(=O)N[C@@H](CS)C(=O)N[C@@H](CCC(N)=O)C(=O)N[C@H](C(=O)N[C@@H](Cc1c[nH]c2ccccc12)C(=O)N[C@@H](CCC(N)=O)C(=O)N[C@@H](CS)C(=O)N[C@@H](Cc1cnc[nH]1)C(=O)N[C@@H](Cc1c[nH]c2ccccc12)C(=O)N[C@@H](CCC(C)C)C(=O)N[C@@H](CCC(=O)O)C(=O)N[C@@H](CC(N)=O)C(=O)NCC(N)=O)[C@@H](C)O. The number of thiol groups is 2. The number of carbonyl (C=O) groups excluding carboxylic acids is 16. The van der Waals surface area contributed by atoms with Gasteiger partial charge in [0.2, 0.25) is 94.5 Å². The second-order valence-electron chi connectivity index (χ2n) is 26.1. The van der Waals surface area contributed by atoms with Crippen molar-refractivity contribution in [1.29, 1.82) is 0 Å². The lowest BCUT2D eigenvalue weighted by Crippen LogP contribution is -2.62. The number of amides is 16. The van der Waals surface area contributed by atoms with Gasteiger partial charge in [0.05, 0.1) is 25.4 Å². The van der Waals surface area contributed by atoms with Crippen LogP contribution in [0, 0.1) is 5.92 Å². The summed E-state index contributed by atoms with van der Waals surface area (Å²) in [7, 11) is 0. The Morgan fingerprint density at radius 2 is 0.817 bits per heavy atom. The van der Waals surface area contributed by atoms with Gasteiger partial charge in [-0.25, -0.2) is 4.98 Å². The first-order valence-corrected chi connectivity index (χ1v) is 35.7. The molecule has 0 bridgehead atoms. The van der Waals surface area contributed by atoms with Crippen molar-refractivity contribution in [3.63, 3.8) is 0 Å². The van der Waals surface area contributed by atoms with Gasteiger partial charge >= 0.3 is 5.97 Å². The molecular weight excluding hydrogens is 1470 g/mol. The number of primary amides is 4. The number of aromatic amines is 3. The van der Waals surface area contributed by atoms with Crippen LogP contribution in [0.5, 0.6) is 0 Å². The first-order chi connectivity index (χ1) is 51.6. The second kappa shape index (κ2) is 43.3. The molecule has 0 saturated heterocycles. The fourth-order valence-corrected chi connectivity index (χ4v) is 11.7. The molecule has 0 aliphatic heterocycles. The van der Waals surface area contributed by atoms with Crippen LogP contribution in [0.2, 0.25) is 0 Å². The number of aliphatic carboxylic acids is 1. The summed E-state index contributed by atoms with van der Waals surface area (Å²) in [5, 5.41) is 51.1. The largest absolute Gasteiger partial charge is 0.481 e. The number of hydrogen-bond acceptors (Lipinski definition) is 21. The molecule has 41 heteroatoms. The Kier molecular flexibility index (Phi) is 34.9. The zero-order valence-corrected chi connectivity index (χ0v) is 61.8. The van der Waals surface area contributed by atoms with Gasteiger partial charge in [0.1, 0.15) is 66.5 Å². The van der Waals surface area contributed by atoms with E-state index in [0.29, 0.717) is 32.9 Å². The highest BCUT2D eigenvalue weighted by atomic mass is 32.1. The van der Waals surface area contributed by atoms with E-state index in [1.165, 1.54) is 18.7 Å². The molecule has 592 valence electrons. The van der Waals surface area contributed by atoms with Gasteiger partial charge in [0.15, 0.2) is 0 Å². The first kappa shape index (κ1) is 88.0. The van der Waals surface area contributed by atoms with E-state index in [1.807, 2.05) is 0 Å². The first-order valence-electron chi connectivity index (χ1n) is 34.5. The fourth-order valence-electron chi connectivity index (χ4n) is 11.1. The number of para-hydroxylation sites is 2. The molecule has 3 aromatic heterocycles. The van der Waals surface area contributed by atoms with Crippen molar-refractivity contribution in [2.45, 2.75) is 177 Å². The third kappa shape index (κ3) is 28.9. The number of fused-ring (bicyclic) bond motifs is 2. The van der Waals surface area contributed by atoms with Crippen molar-refractivity contribution in [3.05, 3.63) is 90.3 Å². The number of carboxylic acids is 1. The van der Waals surface area contributed by atoms with Gasteiger partial charge in [-0.05, 0) is 68.2 Å². The summed E-state index contributed by atoms with van der Waals surface area (Å²) < 4.78 is 0. The molecule has 0 saturated carbocycles. The third-order valence-electron chi connectivity index (χ3n) is 16.9. The van der Waals surface area contributed by atoms with E-state index in [-0.39, 0.29) is 49.5 Å². The van der Waals surface area contributed by atoms with E-state index in [1.54, 1.807) is 68.6 Å². The Morgan fingerprint density at radius 1 is 0.431 bits per heavy atom. The van der Waals surface area contributed by atoms with Crippen LogP contribution in [-0.2, 0) is 101 Å². The number of carbonyl (C=O) groups is 17. The lowest BCUT2D eigenvalue weighted by atomic mass is 10.00. The topological polar surface area (TPSA) is 639 Å². The van der Waals surface area contributed by atoms with Gasteiger partial charge in [-0.1, -0.05) is 50.2 Å². The predicted molar refractivity (Wildman–Crippen MR) is 396 cm³/mol. The number of aliphatic hydroxyl groups excluding tert-OH is 1. The maximum Gasteiger partial charge on any atom is 0.303 e. The molecule has 5 rings (SSSR count). The quantitative estimate of drug-likeness (QED) is 0.0161. The second-order valence-corrected chi connectivity index (χ2v) is 26.8. The molecular formula is C68H94N20O19S2. The van der Waals surface area contributed by atoms with Crippen LogP contribution in [0.3, 0.4) is 0 Å². The van der Waals surface area contributed by atoms with E-state index in [2.05, 4.69) is 109 Å².